The summed E-state index contributed by atoms with van der Waals surface area (Å²) in [6.45, 7) is 7.14. The standard InChI is InChI=1S/C5H13N2.2C3H7.Ga/c1-6-4-5-7(2)3;2*1-3-2;/h4-5H2,1-3H3;2*1,3H2,2H3;/q-1;;;+1. The Balaban J connectivity index is 3.81. The Bertz CT molecular complexity index is 122. The van der Waals surface area contributed by atoms with Crippen LogP contribution in [0.1, 0.15) is 26.7 Å². The average Bonchev–Trinajstić information content (AvgIpc) is 2.14. The topological polar surface area (TPSA) is 6.48 Å². The molecule has 0 heterocycles. The van der Waals surface area contributed by atoms with Gasteiger partial charge in [0.1, 0.15) is 0 Å². The fraction of sp³-hybridized carbons (Fsp3) is 1.00. The minimum absolute atomic E-state index is 1.06. The number of rotatable bonds is 8. The Morgan fingerprint density at radius 3 is 1.71 bits per heavy atom. The van der Waals surface area contributed by atoms with Crippen LogP contribution in [0.2, 0.25) is 9.95 Å². The van der Waals surface area contributed by atoms with Gasteiger partial charge in [-0.3, -0.25) is 0 Å². The van der Waals surface area contributed by atoms with Crippen LogP contribution in [0.4, 0.5) is 0 Å². The van der Waals surface area contributed by atoms with Crippen LogP contribution in [0.5, 0.6) is 0 Å². The van der Waals surface area contributed by atoms with E-state index >= 15 is 0 Å². The second-order valence-corrected chi connectivity index (χ2v) is 11.5. The van der Waals surface area contributed by atoms with Crippen molar-refractivity contribution in [2.45, 2.75) is 36.6 Å². The molecule has 0 unspecified atom stereocenters. The van der Waals surface area contributed by atoms with Crippen LogP contribution in [-0.2, 0) is 0 Å². The molecule has 0 bridgehead atoms. The van der Waals surface area contributed by atoms with Crippen LogP contribution in [0.15, 0.2) is 0 Å². The van der Waals surface area contributed by atoms with E-state index in [4.69, 9.17) is 0 Å². The molecule has 0 saturated carbocycles. The van der Waals surface area contributed by atoms with Gasteiger partial charge in [-0.1, -0.05) is 0 Å². The van der Waals surface area contributed by atoms with Crippen LogP contribution in [0, 0.1) is 0 Å². The third-order valence-electron chi connectivity index (χ3n) is 2.77. The maximum absolute atomic E-state index is 2.71. The molecular weight excluding hydrogens is 230 g/mol. The Morgan fingerprint density at radius 1 is 0.857 bits per heavy atom. The van der Waals surface area contributed by atoms with Gasteiger partial charge >= 0.3 is 95.8 Å². The number of likely N-dealkylation sites (N-methyl/N-ethyl adjacent to an activating group) is 2. The van der Waals surface area contributed by atoms with Gasteiger partial charge in [0.15, 0.2) is 0 Å². The molecule has 14 heavy (non-hydrogen) atoms. The van der Waals surface area contributed by atoms with Gasteiger partial charge in [0.25, 0.3) is 0 Å². The van der Waals surface area contributed by atoms with E-state index in [1.807, 2.05) is 0 Å². The molecule has 0 aromatic carbocycles. The molecule has 0 aromatic heterocycles. The van der Waals surface area contributed by atoms with Gasteiger partial charge in [-0.2, -0.15) is 0 Å². The second kappa shape index (κ2) is 8.83. The van der Waals surface area contributed by atoms with Crippen molar-refractivity contribution in [1.29, 1.82) is 0 Å². The molecule has 0 aromatic rings. The van der Waals surface area contributed by atoms with Crippen molar-refractivity contribution in [3.63, 3.8) is 0 Å². The summed E-state index contributed by atoms with van der Waals surface area (Å²) in [7, 11) is 6.67. The van der Waals surface area contributed by atoms with E-state index in [0.717, 1.165) is 0 Å². The Kier molecular flexibility index (Phi) is 9.18. The van der Waals surface area contributed by atoms with Crippen LogP contribution >= 0.6 is 0 Å². The average molecular weight is 257 g/mol. The number of hydrogen-bond acceptors (Lipinski definition) is 2. The SMILES string of the molecule is CC[CH2][Ga]([CH2]CC)[N](C)CCN(C)C. The van der Waals surface area contributed by atoms with Crippen molar-refractivity contribution in [3.8, 4) is 0 Å². The van der Waals surface area contributed by atoms with Crippen LogP contribution < -0.4 is 0 Å². The summed E-state index contributed by atoms with van der Waals surface area (Å²) >= 11 is -1.06. The normalized spacial score (nSPS) is 11.4. The second-order valence-electron chi connectivity index (χ2n) is 4.52. The Hall–Kier alpha value is 0.556. The Morgan fingerprint density at radius 2 is 1.36 bits per heavy atom. The van der Waals surface area contributed by atoms with Crippen LogP contribution in [-0.4, -0.2) is 59.2 Å². The molecule has 0 rings (SSSR count). The van der Waals surface area contributed by atoms with Gasteiger partial charge in [0, 0.05) is 0 Å². The molecular formula is C11H27GaN2. The summed E-state index contributed by atoms with van der Waals surface area (Å²) in [6.07, 6.45) is 2.77. The third kappa shape index (κ3) is 6.93. The van der Waals surface area contributed by atoms with Crippen molar-refractivity contribution in [1.82, 2.24) is 8.51 Å². The van der Waals surface area contributed by atoms with E-state index in [-0.39, 0.29) is 0 Å². The zero-order valence-electron chi connectivity index (χ0n) is 10.7. The molecule has 2 nitrogen and oxygen atoms in total. The molecule has 0 fully saturated rings. The van der Waals surface area contributed by atoms with Gasteiger partial charge in [0.2, 0.25) is 0 Å². The minimum atomic E-state index is -1.06. The number of nitrogens with zero attached hydrogens (tertiary/aromatic N) is 2. The predicted octanol–water partition coefficient (Wildman–Crippen LogP) is 2.29. The summed E-state index contributed by atoms with van der Waals surface area (Å²) in [6, 6.07) is 0. The summed E-state index contributed by atoms with van der Waals surface area (Å²) in [4.78, 5) is 5.35. The fourth-order valence-electron chi connectivity index (χ4n) is 1.79. The zero-order chi connectivity index (χ0) is 11.0. The van der Waals surface area contributed by atoms with Crippen molar-refractivity contribution >= 4 is 16.5 Å². The summed E-state index contributed by atoms with van der Waals surface area (Å²) in [5.41, 5.74) is 0. The molecule has 0 amide bonds. The predicted molar refractivity (Wildman–Crippen MR) is 67.1 cm³/mol. The summed E-state index contributed by atoms with van der Waals surface area (Å²) < 4.78 is 2.71. The molecule has 0 radical (unpaired) electrons. The van der Waals surface area contributed by atoms with Gasteiger partial charge in [-0.15, -0.1) is 0 Å². The van der Waals surface area contributed by atoms with Crippen molar-refractivity contribution in [2.24, 2.45) is 0 Å². The first-order valence-electron chi connectivity index (χ1n) is 5.96. The molecule has 0 saturated heterocycles. The van der Waals surface area contributed by atoms with Crippen molar-refractivity contribution in [2.75, 3.05) is 34.2 Å². The van der Waals surface area contributed by atoms with Gasteiger partial charge in [-0.25, -0.2) is 0 Å². The van der Waals surface area contributed by atoms with Gasteiger partial charge in [-0.05, 0) is 0 Å². The van der Waals surface area contributed by atoms with E-state index in [9.17, 15) is 0 Å². The molecule has 3 heteroatoms. The first-order chi connectivity index (χ1) is 6.61. The van der Waals surface area contributed by atoms with E-state index in [0.29, 0.717) is 0 Å². The van der Waals surface area contributed by atoms with E-state index in [1.165, 1.54) is 35.9 Å². The Labute approximate surface area is 96.0 Å². The van der Waals surface area contributed by atoms with E-state index < -0.39 is 16.5 Å². The number of hydrogen-bond donors (Lipinski definition) is 0. The summed E-state index contributed by atoms with van der Waals surface area (Å²) in [5.74, 6) is 0. The molecule has 0 atom stereocenters. The van der Waals surface area contributed by atoms with Crippen molar-refractivity contribution < 1.29 is 0 Å². The van der Waals surface area contributed by atoms with Crippen LogP contribution in [0.3, 0.4) is 0 Å². The first-order valence-corrected chi connectivity index (χ1v) is 10.5. The zero-order valence-corrected chi connectivity index (χ0v) is 13.1. The fourth-order valence-corrected chi connectivity index (χ4v) is 8.05. The van der Waals surface area contributed by atoms with Crippen molar-refractivity contribution in [3.05, 3.63) is 0 Å². The quantitative estimate of drug-likeness (QED) is 0.615. The molecule has 0 aliphatic carbocycles. The monoisotopic (exact) mass is 256 g/mol. The first kappa shape index (κ1) is 14.6. The maximum atomic E-state index is 2.71. The van der Waals surface area contributed by atoms with E-state index in [1.54, 1.807) is 0 Å². The third-order valence-corrected chi connectivity index (χ3v) is 11.1. The molecule has 84 valence electrons. The van der Waals surface area contributed by atoms with Gasteiger partial charge < -0.3 is 0 Å². The summed E-state index contributed by atoms with van der Waals surface area (Å²) in [5, 5.41) is 0. The molecule has 0 N–H and O–H groups in total. The molecule has 0 aliphatic heterocycles. The van der Waals surface area contributed by atoms with Gasteiger partial charge in [0.05, 0.1) is 0 Å². The molecule has 0 spiro atoms. The molecule has 0 aliphatic rings. The van der Waals surface area contributed by atoms with Crippen LogP contribution in [0.25, 0.3) is 0 Å². The van der Waals surface area contributed by atoms with E-state index in [2.05, 4.69) is 43.5 Å².